The molecule has 0 aliphatic carbocycles. The molecule has 4 nitrogen and oxygen atoms in total. The van der Waals surface area contributed by atoms with Gasteiger partial charge >= 0.3 is 0 Å². The highest BCUT2D eigenvalue weighted by molar-refractivity contribution is 5.29. The molecule has 0 radical (unpaired) electrons. The van der Waals surface area contributed by atoms with Crippen molar-refractivity contribution < 1.29 is 9.47 Å². The van der Waals surface area contributed by atoms with Gasteiger partial charge in [0.25, 0.3) is 0 Å². The molecule has 1 heterocycles. The lowest BCUT2D eigenvalue weighted by molar-refractivity contribution is 0.0215. The Balaban J connectivity index is 2.67. The number of hydrogen-bond donors (Lipinski definition) is 1. The third-order valence-electron chi connectivity index (χ3n) is 1.95. The van der Waals surface area contributed by atoms with Crippen LogP contribution in [0.15, 0.2) is 12.1 Å². The van der Waals surface area contributed by atoms with Crippen LogP contribution in [-0.2, 0) is 11.2 Å². The van der Waals surface area contributed by atoms with Gasteiger partial charge in [0.2, 0.25) is 0 Å². The first-order valence-electron chi connectivity index (χ1n) is 5.15. The molecule has 0 saturated heterocycles. The summed E-state index contributed by atoms with van der Waals surface area (Å²) >= 11 is 0. The summed E-state index contributed by atoms with van der Waals surface area (Å²) in [6.07, 6.45) is 0.725. The molecule has 15 heavy (non-hydrogen) atoms. The first kappa shape index (κ1) is 11.9. The van der Waals surface area contributed by atoms with Crippen LogP contribution in [0, 0.1) is 6.92 Å². The zero-order valence-electron chi connectivity index (χ0n) is 9.32. The van der Waals surface area contributed by atoms with Gasteiger partial charge in [0.15, 0.2) is 6.79 Å². The lowest BCUT2D eigenvalue weighted by Crippen LogP contribution is -2.09. The van der Waals surface area contributed by atoms with Crippen molar-refractivity contribution in [2.24, 2.45) is 5.73 Å². The zero-order valence-corrected chi connectivity index (χ0v) is 9.32. The highest BCUT2D eigenvalue weighted by Gasteiger charge is 2.04. The molecule has 4 heteroatoms. The van der Waals surface area contributed by atoms with Crippen LogP contribution in [-0.4, -0.2) is 24.9 Å². The van der Waals surface area contributed by atoms with Crippen LogP contribution in [0.2, 0.25) is 0 Å². The van der Waals surface area contributed by atoms with Crippen LogP contribution < -0.4 is 10.5 Å². The smallest absolute Gasteiger partial charge is 0.189 e. The van der Waals surface area contributed by atoms with Crippen molar-refractivity contribution in [3.63, 3.8) is 0 Å². The van der Waals surface area contributed by atoms with E-state index in [1.807, 2.05) is 26.0 Å². The Morgan fingerprint density at radius 2 is 2.20 bits per heavy atom. The third-order valence-corrected chi connectivity index (χ3v) is 1.95. The summed E-state index contributed by atoms with van der Waals surface area (Å²) in [5.74, 6) is 0.763. The molecule has 84 valence electrons. The molecule has 0 fully saturated rings. The van der Waals surface area contributed by atoms with Crippen molar-refractivity contribution in [1.82, 2.24) is 4.98 Å². The van der Waals surface area contributed by atoms with Crippen LogP contribution in [0.4, 0.5) is 0 Å². The van der Waals surface area contributed by atoms with Crippen molar-refractivity contribution in [2.75, 3.05) is 19.9 Å². The van der Waals surface area contributed by atoms with Crippen LogP contribution >= 0.6 is 0 Å². The molecule has 0 saturated carbocycles. The lowest BCUT2D eigenvalue weighted by Gasteiger charge is -2.10. The van der Waals surface area contributed by atoms with Gasteiger partial charge in [0.1, 0.15) is 5.75 Å². The lowest BCUT2D eigenvalue weighted by atomic mass is 10.2. The van der Waals surface area contributed by atoms with Crippen LogP contribution in [0.5, 0.6) is 5.75 Å². The Bertz CT molecular complexity index is 303. The van der Waals surface area contributed by atoms with Crippen molar-refractivity contribution in [1.29, 1.82) is 0 Å². The number of aryl methyl sites for hydroxylation is 1. The van der Waals surface area contributed by atoms with E-state index in [-0.39, 0.29) is 6.79 Å². The maximum absolute atomic E-state index is 5.51. The molecule has 1 aromatic heterocycles. The predicted molar refractivity (Wildman–Crippen MR) is 58.9 cm³/mol. The van der Waals surface area contributed by atoms with Gasteiger partial charge in [-0.25, -0.2) is 0 Å². The molecule has 2 N–H and O–H groups in total. The monoisotopic (exact) mass is 210 g/mol. The number of hydrogen-bond acceptors (Lipinski definition) is 4. The fraction of sp³-hybridized carbons (Fsp3) is 0.545. The van der Waals surface area contributed by atoms with E-state index >= 15 is 0 Å². The fourth-order valence-electron chi connectivity index (χ4n) is 1.23. The summed E-state index contributed by atoms with van der Waals surface area (Å²) in [5.41, 5.74) is 7.38. The molecule has 0 spiro atoms. The average molecular weight is 210 g/mol. The van der Waals surface area contributed by atoms with E-state index in [0.717, 1.165) is 23.6 Å². The van der Waals surface area contributed by atoms with Gasteiger partial charge in [0.05, 0.1) is 5.69 Å². The Morgan fingerprint density at radius 1 is 1.40 bits per heavy atom. The predicted octanol–water partition coefficient (Wildman–Crippen LogP) is 1.26. The second-order valence-corrected chi connectivity index (χ2v) is 3.19. The summed E-state index contributed by atoms with van der Waals surface area (Å²) in [4.78, 5) is 4.38. The second kappa shape index (κ2) is 6.37. The van der Waals surface area contributed by atoms with Gasteiger partial charge in [-0.3, -0.25) is 4.98 Å². The second-order valence-electron chi connectivity index (χ2n) is 3.19. The Hall–Kier alpha value is -1.13. The molecular formula is C11H18N2O2. The molecular weight excluding hydrogens is 192 g/mol. The standard InChI is InChI=1S/C11H18N2O2/c1-3-14-8-15-11-5-4-9(2)13-10(11)6-7-12/h4-5H,3,6-8,12H2,1-2H3. The highest BCUT2D eigenvalue weighted by atomic mass is 16.7. The van der Waals surface area contributed by atoms with E-state index in [2.05, 4.69) is 4.98 Å². The maximum Gasteiger partial charge on any atom is 0.189 e. The summed E-state index contributed by atoms with van der Waals surface area (Å²) in [5, 5.41) is 0. The van der Waals surface area contributed by atoms with E-state index in [1.54, 1.807) is 0 Å². The molecule has 0 aromatic carbocycles. The maximum atomic E-state index is 5.51. The van der Waals surface area contributed by atoms with E-state index in [0.29, 0.717) is 13.2 Å². The van der Waals surface area contributed by atoms with E-state index < -0.39 is 0 Å². The zero-order chi connectivity index (χ0) is 11.1. The van der Waals surface area contributed by atoms with Gasteiger partial charge in [-0.1, -0.05) is 0 Å². The molecule has 0 atom stereocenters. The summed E-state index contributed by atoms with van der Waals surface area (Å²) in [6.45, 7) is 5.36. The molecule has 0 unspecified atom stereocenters. The molecule has 0 bridgehead atoms. The van der Waals surface area contributed by atoms with E-state index in [9.17, 15) is 0 Å². The van der Waals surface area contributed by atoms with Gasteiger partial charge in [-0.2, -0.15) is 0 Å². The molecule has 0 aliphatic rings. The van der Waals surface area contributed by atoms with Crippen LogP contribution in [0.3, 0.4) is 0 Å². The highest BCUT2D eigenvalue weighted by Crippen LogP contribution is 2.17. The molecule has 0 aliphatic heterocycles. The fourth-order valence-corrected chi connectivity index (χ4v) is 1.23. The van der Waals surface area contributed by atoms with Crippen molar-refractivity contribution in [3.8, 4) is 5.75 Å². The Morgan fingerprint density at radius 3 is 2.87 bits per heavy atom. The number of rotatable bonds is 6. The number of aromatic nitrogens is 1. The quantitative estimate of drug-likeness (QED) is 0.567. The van der Waals surface area contributed by atoms with Crippen molar-refractivity contribution in [2.45, 2.75) is 20.3 Å². The SMILES string of the molecule is CCOCOc1ccc(C)nc1CCN. The van der Waals surface area contributed by atoms with Gasteiger partial charge < -0.3 is 15.2 Å². The Kier molecular flexibility index (Phi) is 5.07. The summed E-state index contributed by atoms with van der Waals surface area (Å²) in [7, 11) is 0. The minimum absolute atomic E-state index is 0.263. The van der Waals surface area contributed by atoms with Crippen LogP contribution in [0.25, 0.3) is 0 Å². The molecule has 1 aromatic rings. The summed E-state index contributed by atoms with van der Waals surface area (Å²) < 4.78 is 10.6. The average Bonchev–Trinajstić information content (AvgIpc) is 2.22. The number of nitrogens with zero attached hydrogens (tertiary/aromatic N) is 1. The molecule has 0 amide bonds. The normalized spacial score (nSPS) is 10.3. The number of nitrogens with two attached hydrogens (primary N) is 1. The largest absolute Gasteiger partial charge is 0.466 e. The topological polar surface area (TPSA) is 57.4 Å². The van der Waals surface area contributed by atoms with Crippen molar-refractivity contribution in [3.05, 3.63) is 23.5 Å². The number of ether oxygens (including phenoxy) is 2. The van der Waals surface area contributed by atoms with E-state index in [4.69, 9.17) is 15.2 Å². The van der Waals surface area contributed by atoms with Gasteiger partial charge in [-0.15, -0.1) is 0 Å². The van der Waals surface area contributed by atoms with E-state index in [1.165, 1.54) is 0 Å². The first-order valence-corrected chi connectivity index (χ1v) is 5.15. The number of pyridine rings is 1. The minimum Gasteiger partial charge on any atom is -0.466 e. The first-order chi connectivity index (χ1) is 7.27. The van der Waals surface area contributed by atoms with Crippen molar-refractivity contribution >= 4 is 0 Å². The summed E-state index contributed by atoms with van der Waals surface area (Å²) in [6, 6.07) is 3.83. The van der Waals surface area contributed by atoms with Gasteiger partial charge in [0, 0.05) is 18.7 Å². The Labute approximate surface area is 90.4 Å². The molecule has 1 rings (SSSR count). The third kappa shape index (κ3) is 3.85. The minimum atomic E-state index is 0.263. The van der Waals surface area contributed by atoms with Gasteiger partial charge in [-0.05, 0) is 32.5 Å². The van der Waals surface area contributed by atoms with Crippen LogP contribution in [0.1, 0.15) is 18.3 Å².